The summed E-state index contributed by atoms with van der Waals surface area (Å²) in [5.74, 6) is 1.60. The molecule has 0 saturated carbocycles. The Bertz CT molecular complexity index is 375. The zero-order valence-corrected chi connectivity index (χ0v) is 12.3. The molecule has 0 bridgehead atoms. The maximum absolute atomic E-state index is 11.7. The molecule has 0 radical (unpaired) electrons. The van der Waals surface area contributed by atoms with Crippen molar-refractivity contribution in [2.24, 2.45) is 0 Å². The Hall–Kier alpha value is -0.960. The van der Waals surface area contributed by atoms with Gasteiger partial charge in [-0.25, -0.2) is 0 Å². The molecular weight excluding hydrogens is 242 g/mol. The van der Waals surface area contributed by atoms with Gasteiger partial charge in [-0.15, -0.1) is 11.8 Å². The molecule has 1 N–H and O–H groups in total. The second-order valence-corrected chi connectivity index (χ2v) is 5.55. The predicted octanol–water partition coefficient (Wildman–Crippen LogP) is 3.53. The number of amides is 1. The molecule has 2 nitrogen and oxygen atoms in total. The van der Waals surface area contributed by atoms with E-state index in [-0.39, 0.29) is 5.91 Å². The van der Waals surface area contributed by atoms with Crippen molar-refractivity contribution in [3.8, 4) is 0 Å². The largest absolute Gasteiger partial charge is 0.353 e. The molecule has 0 aliphatic rings. The fourth-order valence-electron chi connectivity index (χ4n) is 1.83. The molecule has 1 aromatic carbocycles. The normalized spacial score (nSPS) is 10.7. The second kappa shape index (κ2) is 8.20. The highest BCUT2D eigenvalue weighted by molar-refractivity contribution is 7.99. The topological polar surface area (TPSA) is 29.1 Å². The Kier molecular flexibility index (Phi) is 6.88. The minimum atomic E-state index is 0.154. The number of benzene rings is 1. The summed E-state index contributed by atoms with van der Waals surface area (Å²) < 4.78 is 0. The van der Waals surface area contributed by atoms with Crippen molar-refractivity contribution in [2.75, 3.05) is 5.75 Å². The molecule has 0 unspecified atom stereocenters. The molecule has 100 valence electrons. The Morgan fingerprint density at radius 3 is 2.67 bits per heavy atom. The van der Waals surface area contributed by atoms with Crippen LogP contribution in [0.25, 0.3) is 0 Å². The van der Waals surface area contributed by atoms with Gasteiger partial charge in [0.2, 0.25) is 5.91 Å². The van der Waals surface area contributed by atoms with E-state index in [1.807, 2.05) is 0 Å². The van der Waals surface area contributed by atoms with E-state index < -0.39 is 0 Å². The molecule has 1 aromatic rings. The third kappa shape index (κ3) is 5.58. The van der Waals surface area contributed by atoms with Crippen molar-refractivity contribution in [3.63, 3.8) is 0 Å². The van der Waals surface area contributed by atoms with Crippen LogP contribution in [0.1, 0.15) is 37.8 Å². The van der Waals surface area contributed by atoms with E-state index in [2.05, 4.69) is 50.4 Å². The summed E-state index contributed by atoms with van der Waals surface area (Å²) in [7, 11) is 0. The fourth-order valence-corrected chi connectivity index (χ4v) is 2.61. The number of hydrogen-bond acceptors (Lipinski definition) is 2. The molecule has 0 aliphatic heterocycles. The van der Waals surface area contributed by atoms with Crippen molar-refractivity contribution in [1.82, 2.24) is 5.32 Å². The maximum atomic E-state index is 11.7. The zero-order chi connectivity index (χ0) is 13.4. The van der Waals surface area contributed by atoms with Crippen LogP contribution in [0, 0.1) is 6.92 Å². The minimum Gasteiger partial charge on any atom is -0.353 e. The number of carbonyl (C=O) groups excluding carboxylic acids is 1. The van der Waals surface area contributed by atoms with Crippen LogP contribution in [0.4, 0.5) is 0 Å². The number of hydrogen-bond donors (Lipinski definition) is 1. The maximum Gasteiger partial charge on any atom is 0.230 e. The first-order chi connectivity index (χ1) is 8.65. The molecule has 1 rings (SSSR count). The summed E-state index contributed by atoms with van der Waals surface area (Å²) in [6.07, 6.45) is 2.01. The van der Waals surface area contributed by atoms with Gasteiger partial charge in [0, 0.05) is 11.8 Å². The number of thioether (sulfide) groups is 1. The Morgan fingerprint density at radius 1 is 1.33 bits per heavy atom. The van der Waals surface area contributed by atoms with Crippen LogP contribution < -0.4 is 5.32 Å². The van der Waals surface area contributed by atoms with Gasteiger partial charge >= 0.3 is 0 Å². The van der Waals surface area contributed by atoms with Gasteiger partial charge in [-0.1, -0.05) is 43.7 Å². The molecule has 0 spiro atoms. The van der Waals surface area contributed by atoms with Crippen LogP contribution in [0.15, 0.2) is 24.3 Å². The van der Waals surface area contributed by atoms with Crippen molar-refractivity contribution in [2.45, 2.75) is 45.4 Å². The van der Waals surface area contributed by atoms with Crippen molar-refractivity contribution in [1.29, 1.82) is 0 Å². The quantitative estimate of drug-likeness (QED) is 0.817. The lowest BCUT2D eigenvalue weighted by molar-refractivity contribution is -0.119. The predicted molar refractivity (Wildman–Crippen MR) is 79.9 cm³/mol. The van der Waals surface area contributed by atoms with Crippen molar-refractivity contribution < 1.29 is 4.79 Å². The highest BCUT2D eigenvalue weighted by atomic mass is 32.2. The molecule has 0 heterocycles. The van der Waals surface area contributed by atoms with Crippen LogP contribution in [-0.2, 0) is 10.5 Å². The average Bonchev–Trinajstić information content (AvgIpc) is 2.36. The lowest BCUT2D eigenvalue weighted by atomic mass is 10.2. The minimum absolute atomic E-state index is 0.154. The van der Waals surface area contributed by atoms with E-state index in [1.54, 1.807) is 11.8 Å². The fraction of sp³-hybridized carbons (Fsp3) is 0.533. The first kappa shape index (κ1) is 15.1. The van der Waals surface area contributed by atoms with Crippen molar-refractivity contribution >= 4 is 17.7 Å². The molecule has 3 heteroatoms. The van der Waals surface area contributed by atoms with Gasteiger partial charge in [-0.05, 0) is 25.3 Å². The third-order valence-corrected chi connectivity index (χ3v) is 3.94. The second-order valence-electron chi connectivity index (χ2n) is 4.56. The Morgan fingerprint density at radius 2 is 2.06 bits per heavy atom. The van der Waals surface area contributed by atoms with E-state index in [1.165, 1.54) is 11.1 Å². The number of carbonyl (C=O) groups is 1. The molecule has 0 atom stereocenters. The first-order valence-electron chi connectivity index (χ1n) is 6.58. The molecule has 18 heavy (non-hydrogen) atoms. The van der Waals surface area contributed by atoms with Crippen molar-refractivity contribution in [3.05, 3.63) is 35.4 Å². The van der Waals surface area contributed by atoms with Crippen LogP contribution in [0.2, 0.25) is 0 Å². The number of aryl methyl sites for hydroxylation is 1. The number of nitrogens with one attached hydrogen (secondary N) is 1. The summed E-state index contributed by atoms with van der Waals surface area (Å²) in [5.41, 5.74) is 2.56. The van der Waals surface area contributed by atoms with Gasteiger partial charge in [0.05, 0.1) is 5.75 Å². The van der Waals surface area contributed by atoms with Crippen LogP contribution >= 0.6 is 11.8 Å². The van der Waals surface area contributed by atoms with Gasteiger partial charge < -0.3 is 5.32 Å². The highest BCUT2D eigenvalue weighted by Gasteiger charge is 2.07. The Labute approximate surface area is 115 Å². The Balaban J connectivity index is 2.27. The zero-order valence-electron chi connectivity index (χ0n) is 11.5. The van der Waals surface area contributed by atoms with Gasteiger partial charge in [0.1, 0.15) is 0 Å². The summed E-state index contributed by atoms with van der Waals surface area (Å²) in [4.78, 5) is 11.7. The van der Waals surface area contributed by atoms with Crippen LogP contribution in [-0.4, -0.2) is 17.7 Å². The summed E-state index contributed by atoms with van der Waals surface area (Å²) >= 11 is 1.67. The van der Waals surface area contributed by atoms with E-state index in [4.69, 9.17) is 0 Å². The standard InChI is InChI=1S/C15H23NOS/c1-4-14(5-2)16-15(17)11-18-10-13-8-6-7-12(3)9-13/h6-9,14H,4-5,10-11H2,1-3H3,(H,16,17). The molecule has 0 aromatic heterocycles. The van der Waals surface area contributed by atoms with Gasteiger partial charge in [0.15, 0.2) is 0 Å². The SMILES string of the molecule is CCC(CC)NC(=O)CSCc1cccc(C)c1. The number of rotatable bonds is 7. The van der Waals surface area contributed by atoms with E-state index in [9.17, 15) is 4.79 Å². The molecule has 0 aliphatic carbocycles. The summed E-state index contributed by atoms with van der Waals surface area (Å²) in [6.45, 7) is 6.30. The summed E-state index contributed by atoms with van der Waals surface area (Å²) in [5, 5.41) is 3.05. The monoisotopic (exact) mass is 265 g/mol. The molecule has 1 amide bonds. The smallest absolute Gasteiger partial charge is 0.230 e. The van der Waals surface area contributed by atoms with Crippen LogP contribution in [0.5, 0.6) is 0 Å². The first-order valence-corrected chi connectivity index (χ1v) is 7.73. The van der Waals surface area contributed by atoms with Gasteiger partial charge in [0.25, 0.3) is 0 Å². The van der Waals surface area contributed by atoms with E-state index in [0.29, 0.717) is 11.8 Å². The van der Waals surface area contributed by atoms with Crippen LogP contribution in [0.3, 0.4) is 0 Å². The van der Waals surface area contributed by atoms with E-state index in [0.717, 1.165) is 18.6 Å². The highest BCUT2D eigenvalue weighted by Crippen LogP contribution is 2.13. The lowest BCUT2D eigenvalue weighted by Gasteiger charge is -2.14. The average molecular weight is 265 g/mol. The third-order valence-electron chi connectivity index (χ3n) is 2.94. The lowest BCUT2D eigenvalue weighted by Crippen LogP contribution is -2.35. The summed E-state index contributed by atoms with van der Waals surface area (Å²) in [6, 6.07) is 8.77. The van der Waals surface area contributed by atoms with Gasteiger partial charge in [-0.3, -0.25) is 4.79 Å². The molecule has 0 fully saturated rings. The van der Waals surface area contributed by atoms with E-state index >= 15 is 0 Å². The van der Waals surface area contributed by atoms with Gasteiger partial charge in [-0.2, -0.15) is 0 Å². The molecular formula is C15H23NOS. The molecule has 0 saturated heterocycles.